The Morgan fingerprint density at radius 3 is 2.93 bits per heavy atom. The number of hydrogen-bond acceptors (Lipinski definition) is 2. The molecule has 1 aromatic rings. The first kappa shape index (κ1) is 10.5. The molecule has 0 aliphatic carbocycles. The van der Waals surface area contributed by atoms with Crippen molar-refractivity contribution in [3.8, 4) is 5.75 Å². The molecule has 0 amide bonds. The quantitative estimate of drug-likeness (QED) is 0.795. The Kier molecular flexibility index (Phi) is 3.14. The lowest BCUT2D eigenvalue weighted by Gasteiger charge is -2.13. The maximum atomic E-state index is 6.06. The van der Waals surface area contributed by atoms with Crippen molar-refractivity contribution in [1.29, 1.82) is 0 Å². The number of fused-ring (bicyclic) bond motifs is 1. The van der Waals surface area contributed by atoms with E-state index in [1.54, 1.807) is 0 Å². The van der Waals surface area contributed by atoms with Crippen LogP contribution in [-0.4, -0.2) is 6.61 Å². The lowest BCUT2D eigenvalue weighted by molar-refractivity contribution is 0.314. The van der Waals surface area contributed by atoms with Crippen molar-refractivity contribution in [3.63, 3.8) is 0 Å². The summed E-state index contributed by atoms with van der Waals surface area (Å²) in [6.07, 6.45) is 2.00. The smallest absolute Gasteiger partial charge is 0.138 e. The Balaban J connectivity index is 2.53. The molecule has 1 heterocycles. The van der Waals surface area contributed by atoms with Gasteiger partial charge >= 0.3 is 0 Å². The minimum absolute atomic E-state index is 0.0845. The van der Waals surface area contributed by atoms with E-state index in [9.17, 15) is 0 Å². The number of ether oxygens (including phenoxy) is 1. The largest absolute Gasteiger partial charge is 0.492 e. The summed E-state index contributed by atoms with van der Waals surface area (Å²) in [4.78, 5) is 0. The van der Waals surface area contributed by atoms with Gasteiger partial charge in [-0.15, -0.1) is 0 Å². The number of hydrogen-bond donors (Lipinski definition) is 1. The molecule has 0 saturated carbocycles. The monoisotopic (exact) mass is 319 g/mol. The highest BCUT2D eigenvalue weighted by atomic mass is 79.9. The average Bonchev–Trinajstić information content (AvgIpc) is 2.29. The molecule has 0 bridgehead atoms. The molecule has 76 valence electrons. The highest BCUT2D eigenvalue weighted by molar-refractivity contribution is 9.11. The van der Waals surface area contributed by atoms with Crippen LogP contribution in [0.1, 0.15) is 24.4 Å². The highest BCUT2D eigenvalue weighted by Gasteiger charge is 2.19. The number of nitrogens with two attached hydrogens (primary N) is 1. The van der Waals surface area contributed by atoms with Crippen LogP contribution in [0.25, 0.3) is 0 Å². The summed E-state index contributed by atoms with van der Waals surface area (Å²) in [6, 6.07) is 4.11. The summed E-state index contributed by atoms with van der Waals surface area (Å²) < 4.78 is 7.66. The van der Waals surface area contributed by atoms with Crippen LogP contribution in [0.2, 0.25) is 0 Å². The van der Waals surface area contributed by atoms with Gasteiger partial charge in [-0.3, -0.25) is 0 Å². The summed E-state index contributed by atoms with van der Waals surface area (Å²) in [5.41, 5.74) is 7.15. The topological polar surface area (TPSA) is 35.2 Å². The first-order valence-electron chi connectivity index (χ1n) is 4.56. The molecule has 0 fully saturated rings. The van der Waals surface area contributed by atoms with E-state index in [0.29, 0.717) is 0 Å². The first-order valence-corrected chi connectivity index (χ1v) is 6.14. The van der Waals surface area contributed by atoms with Crippen LogP contribution in [-0.2, 0) is 0 Å². The second-order valence-electron chi connectivity index (χ2n) is 3.40. The van der Waals surface area contributed by atoms with E-state index in [-0.39, 0.29) is 6.04 Å². The molecule has 2 rings (SSSR count). The standard InChI is InChI=1S/C10H11Br2NO/c11-6-4-7-9(13)2-1-3-14-10(7)8(12)5-6/h4-5,9H,1-3,13H2. The number of halogens is 2. The Bertz CT molecular complexity index is 354. The van der Waals surface area contributed by atoms with Crippen LogP contribution in [0.4, 0.5) is 0 Å². The third-order valence-electron chi connectivity index (χ3n) is 2.34. The molecular weight excluding hydrogens is 310 g/mol. The normalized spacial score (nSPS) is 20.9. The van der Waals surface area contributed by atoms with Crippen LogP contribution in [0.15, 0.2) is 21.1 Å². The second kappa shape index (κ2) is 4.21. The molecular formula is C10H11Br2NO. The first-order chi connectivity index (χ1) is 6.68. The van der Waals surface area contributed by atoms with Crippen molar-refractivity contribution >= 4 is 31.9 Å². The van der Waals surface area contributed by atoms with E-state index in [1.807, 2.05) is 12.1 Å². The predicted octanol–water partition coefficient (Wildman–Crippen LogP) is 3.38. The summed E-state index contributed by atoms with van der Waals surface area (Å²) in [5.74, 6) is 0.901. The van der Waals surface area contributed by atoms with Crippen LogP contribution in [0, 0.1) is 0 Å². The zero-order valence-corrected chi connectivity index (χ0v) is 10.8. The maximum absolute atomic E-state index is 6.06. The van der Waals surface area contributed by atoms with E-state index < -0.39 is 0 Å². The number of rotatable bonds is 0. The van der Waals surface area contributed by atoms with Gasteiger partial charge in [0.25, 0.3) is 0 Å². The van der Waals surface area contributed by atoms with Gasteiger partial charge in [-0.1, -0.05) is 15.9 Å². The second-order valence-corrected chi connectivity index (χ2v) is 5.17. The predicted molar refractivity (Wildman–Crippen MR) is 63.5 cm³/mol. The summed E-state index contributed by atoms with van der Waals surface area (Å²) >= 11 is 6.94. The van der Waals surface area contributed by atoms with Crippen LogP contribution < -0.4 is 10.5 Å². The fourth-order valence-electron chi connectivity index (χ4n) is 1.64. The third-order valence-corrected chi connectivity index (χ3v) is 3.39. The molecule has 0 spiro atoms. The van der Waals surface area contributed by atoms with Crippen molar-refractivity contribution in [2.24, 2.45) is 5.73 Å². The van der Waals surface area contributed by atoms with Gasteiger partial charge in [0.15, 0.2) is 0 Å². The molecule has 2 nitrogen and oxygen atoms in total. The van der Waals surface area contributed by atoms with Gasteiger partial charge in [-0.25, -0.2) is 0 Å². The van der Waals surface area contributed by atoms with Gasteiger partial charge in [0.1, 0.15) is 5.75 Å². The maximum Gasteiger partial charge on any atom is 0.138 e. The molecule has 4 heteroatoms. The molecule has 1 aromatic carbocycles. The van der Waals surface area contributed by atoms with Crippen molar-refractivity contribution < 1.29 is 4.74 Å². The SMILES string of the molecule is NC1CCCOc2c(Br)cc(Br)cc21. The van der Waals surface area contributed by atoms with E-state index in [0.717, 1.165) is 39.7 Å². The lowest BCUT2D eigenvalue weighted by Crippen LogP contribution is -2.09. The molecule has 0 saturated heterocycles. The molecule has 2 N–H and O–H groups in total. The Labute approximate surface area is 100 Å². The Morgan fingerprint density at radius 1 is 1.36 bits per heavy atom. The van der Waals surface area contributed by atoms with E-state index in [4.69, 9.17) is 10.5 Å². The summed E-state index contributed by atoms with van der Waals surface area (Å²) in [5, 5.41) is 0. The molecule has 0 radical (unpaired) electrons. The van der Waals surface area contributed by atoms with E-state index >= 15 is 0 Å². The third kappa shape index (κ3) is 1.97. The van der Waals surface area contributed by atoms with Gasteiger partial charge < -0.3 is 10.5 Å². The summed E-state index contributed by atoms with van der Waals surface area (Å²) in [7, 11) is 0. The van der Waals surface area contributed by atoms with Crippen LogP contribution >= 0.6 is 31.9 Å². The Hall–Kier alpha value is -0.0600. The zero-order valence-electron chi connectivity index (χ0n) is 7.59. The minimum Gasteiger partial charge on any atom is -0.492 e. The molecule has 14 heavy (non-hydrogen) atoms. The molecule has 1 aliphatic rings. The Morgan fingerprint density at radius 2 is 2.14 bits per heavy atom. The zero-order chi connectivity index (χ0) is 10.1. The van der Waals surface area contributed by atoms with Crippen LogP contribution in [0.3, 0.4) is 0 Å². The van der Waals surface area contributed by atoms with Gasteiger partial charge in [0, 0.05) is 16.1 Å². The molecule has 1 aliphatic heterocycles. The van der Waals surface area contributed by atoms with Gasteiger partial charge in [0.2, 0.25) is 0 Å². The van der Waals surface area contributed by atoms with Crippen LogP contribution in [0.5, 0.6) is 5.75 Å². The minimum atomic E-state index is 0.0845. The van der Waals surface area contributed by atoms with E-state index in [1.165, 1.54) is 0 Å². The van der Waals surface area contributed by atoms with Crippen molar-refractivity contribution in [2.75, 3.05) is 6.61 Å². The molecule has 1 unspecified atom stereocenters. The fraction of sp³-hybridized carbons (Fsp3) is 0.400. The lowest BCUT2D eigenvalue weighted by atomic mass is 10.0. The average molecular weight is 321 g/mol. The highest BCUT2D eigenvalue weighted by Crippen LogP contribution is 2.38. The number of benzene rings is 1. The fourth-order valence-corrected chi connectivity index (χ4v) is 3.01. The van der Waals surface area contributed by atoms with Crippen molar-refractivity contribution in [3.05, 3.63) is 26.6 Å². The van der Waals surface area contributed by atoms with Gasteiger partial charge in [-0.05, 0) is 40.9 Å². The molecule has 0 aromatic heterocycles. The van der Waals surface area contributed by atoms with Gasteiger partial charge in [0.05, 0.1) is 11.1 Å². The molecule has 1 atom stereocenters. The van der Waals surface area contributed by atoms with Crippen molar-refractivity contribution in [2.45, 2.75) is 18.9 Å². The summed E-state index contributed by atoms with van der Waals surface area (Å²) in [6.45, 7) is 0.751. The van der Waals surface area contributed by atoms with Crippen molar-refractivity contribution in [1.82, 2.24) is 0 Å². The van der Waals surface area contributed by atoms with Gasteiger partial charge in [-0.2, -0.15) is 0 Å². The van der Waals surface area contributed by atoms with E-state index in [2.05, 4.69) is 31.9 Å².